The van der Waals surface area contributed by atoms with E-state index in [0.717, 1.165) is 32.2 Å². The Morgan fingerprint density at radius 1 is 0.917 bits per heavy atom. The van der Waals surface area contributed by atoms with Crippen LogP contribution in [0.25, 0.3) is 0 Å². The van der Waals surface area contributed by atoms with Crippen LogP contribution >= 0.6 is 0 Å². The molecule has 0 radical (unpaired) electrons. The average Bonchev–Trinajstić information content (AvgIpc) is 2.38. The number of ketones is 1. The number of rotatable bonds is 10. The van der Waals surface area contributed by atoms with Crippen molar-refractivity contribution in [2.75, 3.05) is 13.6 Å². The minimum absolute atomic E-state index is 0.0463. The lowest BCUT2D eigenvalue weighted by Crippen LogP contribution is -2.31. The van der Waals surface area contributed by atoms with Gasteiger partial charge in [-0.3, -0.25) is 9.59 Å². The summed E-state index contributed by atoms with van der Waals surface area (Å²) in [6, 6.07) is 0. The Morgan fingerprint density at radius 3 is 1.92 bits per heavy atom. The van der Waals surface area contributed by atoms with Crippen molar-refractivity contribution in [2.24, 2.45) is 16.7 Å². The molecule has 0 saturated heterocycles. The average molecular weight is 340 g/mol. The molecule has 1 atom stereocenters. The Bertz CT molecular complexity index is 388. The minimum atomic E-state index is 0.0463. The maximum atomic E-state index is 12.1. The van der Waals surface area contributed by atoms with Gasteiger partial charge >= 0.3 is 0 Å². The molecule has 24 heavy (non-hydrogen) atoms. The molecule has 0 aromatic heterocycles. The Kier molecular flexibility index (Phi) is 9.84. The van der Waals surface area contributed by atoms with Crippen LogP contribution < -0.4 is 0 Å². The predicted octanol–water partition coefficient (Wildman–Crippen LogP) is 5.47. The van der Waals surface area contributed by atoms with Gasteiger partial charge in [0.15, 0.2) is 0 Å². The molecule has 0 aromatic carbocycles. The molecule has 0 aliphatic carbocycles. The van der Waals surface area contributed by atoms with Gasteiger partial charge in [0.1, 0.15) is 5.78 Å². The first-order valence-corrected chi connectivity index (χ1v) is 9.59. The van der Waals surface area contributed by atoms with Gasteiger partial charge in [-0.15, -0.1) is 0 Å². The maximum absolute atomic E-state index is 12.1. The molecule has 0 aromatic rings. The van der Waals surface area contributed by atoms with Crippen LogP contribution in [0.5, 0.6) is 0 Å². The fourth-order valence-electron chi connectivity index (χ4n) is 2.93. The second-order valence-corrected chi connectivity index (χ2v) is 9.78. The molecule has 1 amide bonds. The molecule has 3 nitrogen and oxygen atoms in total. The van der Waals surface area contributed by atoms with Gasteiger partial charge in [0.25, 0.3) is 0 Å². The van der Waals surface area contributed by atoms with Gasteiger partial charge in [0, 0.05) is 32.9 Å². The number of hydrogen-bond donors (Lipinski definition) is 0. The van der Waals surface area contributed by atoms with Gasteiger partial charge in [0.05, 0.1) is 0 Å². The molecule has 0 rings (SSSR count). The van der Waals surface area contributed by atoms with Crippen LogP contribution in [0.4, 0.5) is 0 Å². The van der Waals surface area contributed by atoms with Crippen LogP contribution in [0.3, 0.4) is 0 Å². The molecule has 3 heteroatoms. The molecular formula is C21H41NO2. The summed E-state index contributed by atoms with van der Waals surface area (Å²) >= 11 is 0. The molecule has 0 bridgehead atoms. The molecule has 0 N–H and O–H groups in total. The molecule has 142 valence electrons. The Hall–Kier alpha value is -0.860. The Balaban J connectivity index is 4.09. The van der Waals surface area contributed by atoms with E-state index in [9.17, 15) is 9.59 Å². The summed E-state index contributed by atoms with van der Waals surface area (Å²) in [6.45, 7) is 15.7. The molecule has 0 aliphatic rings. The predicted molar refractivity (Wildman–Crippen MR) is 103 cm³/mol. The van der Waals surface area contributed by atoms with Crippen LogP contribution in [0.15, 0.2) is 0 Å². The van der Waals surface area contributed by atoms with E-state index >= 15 is 0 Å². The summed E-state index contributed by atoms with van der Waals surface area (Å²) in [6.07, 6.45) is 6.21. The number of amides is 1. The fraction of sp³-hybridized carbons (Fsp3) is 0.905. The summed E-state index contributed by atoms with van der Waals surface area (Å²) in [5.41, 5.74) is 0.139. The fourth-order valence-corrected chi connectivity index (χ4v) is 2.93. The van der Waals surface area contributed by atoms with E-state index in [1.54, 1.807) is 0 Å². The molecule has 0 saturated carbocycles. The van der Waals surface area contributed by atoms with Gasteiger partial charge < -0.3 is 4.90 Å². The van der Waals surface area contributed by atoms with Crippen molar-refractivity contribution in [1.82, 2.24) is 4.90 Å². The number of carbonyl (C=O) groups is 2. The second-order valence-electron chi connectivity index (χ2n) is 9.78. The zero-order valence-corrected chi connectivity index (χ0v) is 17.5. The van der Waals surface area contributed by atoms with Crippen LogP contribution in [-0.4, -0.2) is 30.2 Å². The monoisotopic (exact) mass is 339 g/mol. The third-order valence-electron chi connectivity index (χ3n) is 4.35. The first-order valence-electron chi connectivity index (χ1n) is 9.59. The van der Waals surface area contributed by atoms with Crippen LogP contribution in [0.2, 0.25) is 0 Å². The molecule has 0 spiro atoms. The minimum Gasteiger partial charge on any atom is -0.346 e. The highest BCUT2D eigenvalue weighted by molar-refractivity contribution is 5.79. The quantitative estimate of drug-likeness (QED) is 0.529. The maximum Gasteiger partial charge on any atom is 0.222 e. The zero-order valence-electron chi connectivity index (χ0n) is 17.5. The summed E-state index contributed by atoms with van der Waals surface area (Å²) in [7, 11) is 1.90. The van der Waals surface area contributed by atoms with Crippen LogP contribution in [0, 0.1) is 16.7 Å². The van der Waals surface area contributed by atoms with Gasteiger partial charge in [0.2, 0.25) is 5.91 Å². The zero-order chi connectivity index (χ0) is 19.0. The van der Waals surface area contributed by atoms with E-state index in [1.807, 2.05) is 11.9 Å². The normalized spacial score (nSPS) is 13.7. The molecular weight excluding hydrogens is 298 g/mol. The van der Waals surface area contributed by atoms with E-state index in [2.05, 4.69) is 48.5 Å². The topological polar surface area (TPSA) is 37.4 Å². The first-order chi connectivity index (χ1) is 10.8. The number of hydrogen-bond acceptors (Lipinski definition) is 2. The van der Waals surface area contributed by atoms with Crippen molar-refractivity contribution in [1.29, 1.82) is 0 Å². The third-order valence-corrected chi connectivity index (χ3v) is 4.35. The lowest BCUT2D eigenvalue weighted by atomic mass is 9.86. The van der Waals surface area contributed by atoms with Crippen molar-refractivity contribution < 1.29 is 9.59 Å². The Morgan fingerprint density at radius 2 is 1.46 bits per heavy atom. The lowest BCUT2D eigenvalue weighted by molar-refractivity contribution is -0.131. The van der Waals surface area contributed by atoms with Crippen LogP contribution in [0.1, 0.15) is 93.4 Å². The van der Waals surface area contributed by atoms with Crippen molar-refractivity contribution in [3.8, 4) is 0 Å². The van der Waals surface area contributed by atoms with E-state index in [4.69, 9.17) is 0 Å². The van der Waals surface area contributed by atoms with Crippen molar-refractivity contribution in [3.63, 3.8) is 0 Å². The lowest BCUT2D eigenvalue weighted by Gasteiger charge is -2.24. The highest BCUT2D eigenvalue weighted by Gasteiger charge is 2.20. The molecule has 0 fully saturated rings. The van der Waals surface area contributed by atoms with E-state index in [0.29, 0.717) is 31.0 Å². The van der Waals surface area contributed by atoms with Crippen molar-refractivity contribution in [2.45, 2.75) is 93.4 Å². The van der Waals surface area contributed by atoms with Gasteiger partial charge in [-0.05, 0) is 36.0 Å². The smallest absolute Gasteiger partial charge is 0.222 e. The van der Waals surface area contributed by atoms with Gasteiger partial charge in [-0.2, -0.15) is 0 Å². The SMILES string of the molecule is CCC(CCCN(C)C(=O)CC(C)(C)C)CCC(=O)CC(C)(C)C. The summed E-state index contributed by atoms with van der Waals surface area (Å²) in [5, 5.41) is 0. The number of carbonyl (C=O) groups excluding carboxylic acids is 2. The van der Waals surface area contributed by atoms with E-state index in [1.165, 1.54) is 0 Å². The summed E-state index contributed by atoms with van der Waals surface area (Å²) in [4.78, 5) is 26.0. The Labute approximate surface area is 150 Å². The molecule has 0 aliphatic heterocycles. The van der Waals surface area contributed by atoms with E-state index < -0.39 is 0 Å². The van der Waals surface area contributed by atoms with Gasteiger partial charge in [-0.25, -0.2) is 0 Å². The highest BCUT2D eigenvalue weighted by atomic mass is 16.2. The molecule has 1 unspecified atom stereocenters. The van der Waals surface area contributed by atoms with Crippen molar-refractivity contribution in [3.05, 3.63) is 0 Å². The van der Waals surface area contributed by atoms with Crippen LogP contribution in [-0.2, 0) is 9.59 Å². The van der Waals surface area contributed by atoms with Crippen molar-refractivity contribution >= 4 is 11.7 Å². The largest absolute Gasteiger partial charge is 0.346 e. The third kappa shape index (κ3) is 12.5. The standard InChI is InChI=1S/C21H41NO2/c1-9-17(12-13-18(23)15-20(2,3)4)11-10-14-22(8)19(24)16-21(5,6)7/h17H,9-16H2,1-8H3. The summed E-state index contributed by atoms with van der Waals surface area (Å²) in [5.74, 6) is 1.22. The first kappa shape index (κ1) is 23.1. The molecule has 0 heterocycles. The van der Waals surface area contributed by atoms with E-state index in [-0.39, 0.29) is 16.7 Å². The second kappa shape index (κ2) is 10.2. The summed E-state index contributed by atoms with van der Waals surface area (Å²) < 4.78 is 0. The number of nitrogens with zero attached hydrogens (tertiary/aromatic N) is 1. The van der Waals surface area contributed by atoms with Gasteiger partial charge in [-0.1, -0.05) is 54.9 Å². The highest BCUT2D eigenvalue weighted by Crippen LogP contribution is 2.24. The number of Topliss-reactive ketones (excluding diaryl/α,β-unsaturated/α-hetero) is 1.